The van der Waals surface area contributed by atoms with Gasteiger partial charge in [0.2, 0.25) is 11.8 Å². The first-order valence-corrected chi connectivity index (χ1v) is 9.51. The number of thiophene rings is 1. The molecule has 0 radical (unpaired) electrons. The van der Waals surface area contributed by atoms with Gasteiger partial charge in [-0.3, -0.25) is 14.4 Å². The minimum Gasteiger partial charge on any atom is -0.494 e. The number of amides is 3. The van der Waals surface area contributed by atoms with Crippen molar-refractivity contribution in [2.45, 2.75) is 25.8 Å². The number of anilines is 2. The molecule has 1 aliphatic rings. The van der Waals surface area contributed by atoms with Crippen molar-refractivity contribution in [3.8, 4) is 5.75 Å². The highest BCUT2D eigenvalue weighted by Crippen LogP contribution is 2.33. The SMILES string of the molecule is COc1cc(NC(=O)C(C)NC(=O)c2cccs2)ccc1N1CCCC1=O. The van der Waals surface area contributed by atoms with Gasteiger partial charge in [0.25, 0.3) is 5.91 Å². The third-order valence-corrected chi connectivity index (χ3v) is 5.17. The topological polar surface area (TPSA) is 87.7 Å². The third kappa shape index (κ3) is 4.28. The molecule has 0 bridgehead atoms. The molecule has 27 heavy (non-hydrogen) atoms. The maximum Gasteiger partial charge on any atom is 0.261 e. The van der Waals surface area contributed by atoms with Crippen LogP contribution in [-0.2, 0) is 9.59 Å². The van der Waals surface area contributed by atoms with Crippen molar-refractivity contribution >= 4 is 40.4 Å². The Morgan fingerprint density at radius 2 is 2.11 bits per heavy atom. The predicted octanol–water partition coefficient (Wildman–Crippen LogP) is 2.64. The Morgan fingerprint density at radius 1 is 1.30 bits per heavy atom. The van der Waals surface area contributed by atoms with Crippen molar-refractivity contribution in [2.24, 2.45) is 0 Å². The summed E-state index contributed by atoms with van der Waals surface area (Å²) < 4.78 is 5.39. The van der Waals surface area contributed by atoms with Crippen LogP contribution in [-0.4, -0.2) is 37.4 Å². The highest BCUT2D eigenvalue weighted by atomic mass is 32.1. The van der Waals surface area contributed by atoms with Gasteiger partial charge < -0.3 is 20.3 Å². The maximum absolute atomic E-state index is 12.4. The molecule has 1 aromatic carbocycles. The number of nitrogens with zero attached hydrogens (tertiary/aromatic N) is 1. The Kier molecular flexibility index (Phi) is 5.75. The molecule has 3 amide bonds. The van der Waals surface area contributed by atoms with E-state index in [1.807, 2.05) is 0 Å². The minimum atomic E-state index is -0.703. The van der Waals surface area contributed by atoms with E-state index in [4.69, 9.17) is 4.74 Å². The number of hydrogen-bond acceptors (Lipinski definition) is 5. The van der Waals surface area contributed by atoms with Crippen molar-refractivity contribution in [2.75, 3.05) is 23.9 Å². The fraction of sp³-hybridized carbons (Fsp3) is 0.316. The molecule has 0 aliphatic carbocycles. The maximum atomic E-state index is 12.4. The lowest BCUT2D eigenvalue weighted by Gasteiger charge is -2.20. The van der Waals surface area contributed by atoms with Crippen LogP contribution in [0.1, 0.15) is 29.4 Å². The number of ether oxygens (including phenoxy) is 1. The highest BCUT2D eigenvalue weighted by Gasteiger charge is 2.25. The Labute approximate surface area is 161 Å². The lowest BCUT2D eigenvalue weighted by molar-refractivity contribution is -0.118. The smallest absolute Gasteiger partial charge is 0.261 e. The second-order valence-electron chi connectivity index (χ2n) is 6.20. The molecule has 142 valence electrons. The Balaban J connectivity index is 1.66. The van der Waals surface area contributed by atoms with Crippen molar-refractivity contribution in [3.05, 3.63) is 40.6 Å². The van der Waals surface area contributed by atoms with E-state index in [9.17, 15) is 14.4 Å². The van der Waals surface area contributed by atoms with Gasteiger partial charge in [0.1, 0.15) is 11.8 Å². The van der Waals surface area contributed by atoms with Crippen molar-refractivity contribution < 1.29 is 19.1 Å². The molecule has 2 heterocycles. The van der Waals surface area contributed by atoms with Crippen molar-refractivity contribution in [3.63, 3.8) is 0 Å². The van der Waals surface area contributed by atoms with Crippen LogP contribution in [0.15, 0.2) is 35.7 Å². The first-order valence-electron chi connectivity index (χ1n) is 8.63. The second kappa shape index (κ2) is 8.22. The number of benzene rings is 1. The third-order valence-electron chi connectivity index (χ3n) is 4.30. The standard InChI is InChI=1S/C19H21N3O4S/c1-12(20-19(25)16-5-4-10-27-16)18(24)21-13-7-8-14(15(11-13)26-2)22-9-3-6-17(22)23/h4-5,7-8,10-12H,3,6,9H2,1-2H3,(H,20,25)(H,21,24). The monoisotopic (exact) mass is 387 g/mol. The van der Waals surface area contributed by atoms with Gasteiger partial charge in [-0.25, -0.2) is 0 Å². The summed E-state index contributed by atoms with van der Waals surface area (Å²) in [6.45, 7) is 2.28. The molecule has 2 N–H and O–H groups in total. The number of rotatable bonds is 6. The summed E-state index contributed by atoms with van der Waals surface area (Å²) in [5.74, 6) is -0.0478. The molecule has 0 saturated carbocycles. The molecule has 0 spiro atoms. The number of methoxy groups -OCH3 is 1. The van der Waals surface area contributed by atoms with E-state index in [1.54, 1.807) is 47.5 Å². The van der Waals surface area contributed by atoms with Gasteiger partial charge in [-0.05, 0) is 36.9 Å². The molecule has 7 nitrogen and oxygen atoms in total. The van der Waals surface area contributed by atoms with E-state index in [0.29, 0.717) is 35.0 Å². The van der Waals surface area contributed by atoms with E-state index in [1.165, 1.54) is 18.4 Å². The molecule has 3 rings (SSSR count). The van der Waals surface area contributed by atoms with Gasteiger partial charge >= 0.3 is 0 Å². The van der Waals surface area contributed by atoms with E-state index >= 15 is 0 Å². The van der Waals surface area contributed by atoms with Crippen LogP contribution in [0.4, 0.5) is 11.4 Å². The fourth-order valence-electron chi connectivity index (χ4n) is 2.87. The normalized spacial score (nSPS) is 14.7. The van der Waals surface area contributed by atoms with Gasteiger partial charge in [0.15, 0.2) is 0 Å². The average Bonchev–Trinajstić information content (AvgIpc) is 3.33. The van der Waals surface area contributed by atoms with Gasteiger partial charge in [-0.2, -0.15) is 0 Å². The van der Waals surface area contributed by atoms with Crippen LogP contribution >= 0.6 is 11.3 Å². The number of hydrogen-bond donors (Lipinski definition) is 2. The van der Waals surface area contributed by atoms with Gasteiger partial charge in [-0.1, -0.05) is 6.07 Å². The highest BCUT2D eigenvalue weighted by molar-refractivity contribution is 7.12. The van der Waals surface area contributed by atoms with Crippen LogP contribution in [0, 0.1) is 0 Å². The van der Waals surface area contributed by atoms with Gasteiger partial charge in [-0.15, -0.1) is 11.3 Å². The number of carbonyl (C=O) groups is 3. The van der Waals surface area contributed by atoms with Crippen LogP contribution in [0.25, 0.3) is 0 Å². The molecular weight excluding hydrogens is 366 g/mol. The van der Waals surface area contributed by atoms with E-state index in [0.717, 1.165) is 6.42 Å². The predicted molar refractivity (Wildman–Crippen MR) is 104 cm³/mol. The van der Waals surface area contributed by atoms with E-state index < -0.39 is 6.04 Å². The van der Waals surface area contributed by atoms with Gasteiger partial charge in [0.05, 0.1) is 17.7 Å². The molecule has 2 aromatic rings. The van der Waals surface area contributed by atoms with Crippen molar-refractivity contribution in [1.82, 2.24) is 5.32 Å². The molecule has 1 fully saturated rings. The average molecular weight is 387 g/mol. The van der Waals surface area contributed by atoms with Gasteiger partial charge in [0, 0.05) is 24.7 Å². The number of nitrogens with one attached hydrogen (secondary N) is 2. The summed E-state index contributed by atoms with van der Waals surface area (Å²) in [6, 6.07) is 7.93. The quantitative estimate of drug-likeness (QED) is 0.798. The fourth-order valence-corrected chi connectivity index (χ4v) is 3.50. The zero-order valence-electron chi connectivity index (χ0n) is 15.2. The van der Waals surface area contributed by atoms with Crippen LogP contribution < -0.4 is 20.3 Å². The first kappa shape index (κ1) is 18.9. The zero-order valence-corrected chi connectivity index (χ0v) is 16.0. The largest absolute Gasteiger partial charge is 0.494 e. The van der Waals surface area contributed by atoms with Crippen molar-refractivity contribution in [1.29, 1.82) is 0 Å². The lowest BCUT2D eigenvalue weighted by atomic mass is 10.2. The van der Waals surface area contributed by atoms with Crippen LogP contribution in [0.3, 0.4) is 0 Å². The molecule has 8 heteroatoms. The van der Waals surface area contributed by atoms with Crippen LogP contribution in [0.2, 0.25) is 0 Å². The summed E-state index contributed by atoms with van der Waals surface area (Å²) in [6.07, 6.45) is 1.35. The summed E-state index contributed by atoms with van der Waals surface area (Å²) in [5.41, 5.74) is 1.22. The van der Waals surface area contributed by atoms with E-state index in [-0.39, 0.29) is 17.7 Å². The summed E-state index contributed by atoms with van der Waals surface area (Å²) >= 11 is 1.31. The molecule has 1 aromatic heterocycles. The Bertz CT molecular complexity index is 851. The molecule has 1 unspecified atom stereocenters. The lowest BCUT2D eigenvalue weighted by Crippen LogP contribution is -2.41. The number of carbonyl (C=O) groups excluding carboxylic acids is 3. The molecule has 1 atom stereocenters. The minimum absolute atomic E-state index is 0.0648. The second-order valence-corrected chi connectivity index (χ2v) is 7.14. The van der Waals surface area contributed by atoms with E-state index in [2.05, 4.69) is 10.6 Å². The molecular formula is C19H21N3O4S. The van der Waals surface area contributed by atoms with Crippen LogP contribution in [0.5, 0.6) is 5.75 Å². The summed E-state index contributed by atoms with van der Waals surface area (Å²) in [4.78, 5) is 38.6. The first-order chi connectivity index (χ1) is 13.0. The summed E-state index contributed by atoms with van der Waals surface area (Å²) in [7, 11) is 1.52. The molecule has 1 aliphatic heterocycles. The zero-order chi connectivity index (χ0) is 19.4. The Morgan fingerprint density at radius 3 is 2.74 bits per heavy atom. The Hall–Kier alpha value is -2.87. The molecule has 1 saturated heterocycles. The summed E-state index contributed by atoms with van der Waals surface area (Å²) in [5, 5.41) is 7.23.